The third kappa shape index (κ3) is 2.97. The minimum atomic E-state index is 0.155. The van der Waals surface area contributed by atoms with E-state index in [2.05, 4.69) is 43.9 Å². The van der Waals surface area contributed by atoms with Crippen molar-refractivity contribution < 1.29 is 4.79 Å². The van der Waals surface area contributed by atoms with Crippen molar-refractivity contribution in [3.05, 3.63) is 29.3 Å². The molecule has 20 heavy (non-hydrogen) atoms. The van der Waals surface area contributed by atoms with Crippen LogP contribution in [0, 0.1) is 19.8 Å². The Morgan fingerprint density at radius 3 is 2.45 bits per heavy atom. The zero-order valence-corrected chi connectivity index (χ0v) is 13.1. The van der Waals surface area contributed by atoms with Gasteiger partial charge in [0.1, 0.15) is 0 Å². The Bertz CT molecular complexity index is 476. The number of benzene rings is 1. The molecular formula is C17H26N2O. The third-order valence-corrected chi connectivity index (χ3v) is 4.54. The summed E-state index contributed by atoms with van der Waals surface area (Å²) in [5.41, 5.74) is 4.01. The summed E-state index contributed by atoms with van der Waals surface area (Å²) in [6, 6.07) is 6.46. The van der Waals surface area contributed by atoms with Crippen LogP contribution in [0.4, 0.5) is 5.69 Å². The number of nitrogens with zero attached hydrogens (tertiary/aromatic N) is 2. The van der Waals surface area contributed by atoms with Gasteiger partial charge in [-0.3, -0.25) is 4.79 Å². The van der Waals surface area contributed by atoms with E-state index in [1.807, 2.05) is 11.8 Å². The molecule has 0 N–H and O–H groups in total. The highest BCUT2D eigenvalue weighted by Crippen LogP contribution is 2.24. The Morgan fingerprint density at radius 2 is 1.85 bits per heavy atom. The van der Waals surface area contributed by atoms with E-state index in [0.29, 0.717) is 5.91 Å². The molecule has 110 valence electrons. The van der Waals surface area contributed by atoms with Gasteiger partial charge < -0.3 is 9.80 Å². The molecule has 1 amide bonds. The van der Waals surface area contributed by atoms with Gasteiger partial charge in [0.05, 0.1) is 0 Å². The number of aryl methyl sites for hydroxylation is 1. The fourth-order valence-electron chi connectivity index (χ4n) is 2.73. The molecule has 1 aromatic rings. The molecular weight excluding hydrogens is 248 g/mol. The second-order valence-electron chi connectivity index (χ2n) is 5.84. The van der Waals surface area contributed by atoms with E-state index in [4.69, 9.17) is 0 Å². The van der Waals surface area contributed by atoms with Crippen LogP contribution in [-0.4, -0.2) is 37.0 Å². The summed E-state index contributed by atoms with van der Waals surface area (Å²) in [7, 11) is 0. The van der Waals surface area contributed by atoms with Crippen LogP contribution in [0.3, 0.4) is 0 Å². The van der Waals surface area contributed by atoms with E-state index in [9.17, 15) is 4.79 Å². The number of carbonyl (C=O) groups excluding carboxylic acids is 1. The zero-order chi connectivity index (χ0) is 14.7. The van der Waals surface area contributed by atoms with Crippen molar-refractivity contribution in [2.24, 2.45) is 5.92 Å². The summed E-state index contributed by atoms with van der Waals surface area (Å²) in [6.45, 7) is 12.0. The largest absolute Gasteiger partial charge is 0.368 e. The minimum absolute atomic E-state index is 0.155. The summed E-state index contributed by atoms with van der Waals surface area (Å²) in [4.78, 5) is 16.6. The molecule has 3 nitrogen and oxygen atoms in total. The Balaban J connectivity index is 2.01. The highest BCUT2D eigenvalue weighted by atomic mass is 16.2. The van der Waals surface area contributed by atoms with Crippen LogP contribution in [0.1, 0.15) is 31.4 Å². The van der Waals surface area contributed by atoms with Gasteiger partial charge in [-0.15, -0.1) is 0 Å². The van der Waals surface area contributed by atoms with Crippen molar-refractivity contribution in [1.29, 1.82) is 0 Å². The van der Waals surface area contributed by atoms with Crippen LogP contribution in [-0.2, 0) is 4.79 Å². The molecule has 0 saturated carbocycles. The first-order valence-corrected chi connectivity index (χ1v) is 7.64. The zero-order valence-electron chi connectivity index (χ0n) is 13.1. The van der Waals surface area contributed by atoms with E-state index < -0.39 is 0 Å². The summed E-state index contributed by atoms with van der Waals surface area (Å²) >= 11 is 0. The number of hydrogen-bond donors (Lipinski definition) is 0. The number of carbonyl (C=O) groups is 1. The number of hydrogen-bond acceptors (Lipinski definition) is 2. The summed E-state index contributed by atoms with van der Waals surface area (Å²) < 4.78 is 0. The van der Waals surface area contributed by atoms with Gasteiger partial charge in [-0.25, -0.2) is 0 Å². The molecule has 1 heterocycles. The highest BCUT2D eigenvalue weighted by molar-refractivity contribution is 5.78. The van der Waals surface area contributed by atoms with Crippen LogP contribution in [0.15, 0.2) is 18.2 Å². The molecule has 1 fully saturated rings. The molecule has 1 saturated heterocycles. The molecule has 3 heteroatoms. The van der Waals surface area contributed by atoms with Gasteiger partial charge in [0.2, 0.25) is 5.91 Å². The van der Waals surface area contributed by atoms with E-state index in [1.54, 1.807) is 0 Å². The van der Waals surface area contributed by atoms with Crippen LogP contribution in [0.5, 0.6) is 0 Å². The van der Waals surface area contributed by atoms with Crippen LogP contribution in [0.2, 0.25) is 0 Å². The molecule has 0 radical (unpaired) electrons. The lowest BCUT2D eigenvalue weighted by Gasteiger charge is -2.38. The maximum Gasteiger partial charge on any atom is 0.225 e. The smallest absolute Gasteiger partial charge is 0.225 e. The van der Waals surface area contributed by atoms with Crippen molar-refractivity contribution in [1.82, 2.24) is 4.90 Å². The first-order valence-electron chi connectivity index (χ1n) is 7.64. The van der Waals surface area contributed by atoms with Gasteiger partial charge in [0.25, 0.3) is 0 Å². The molecule has 1 unspecified atom stereocenters. The number of anilines is 1. The van der Waals surface area contributed by atoms with Crippen molar-refractivity contribution in [2.45, 2.75) is 34.1 Å². The highest BCUT2D eigenvalue weighted by Gasteiger charge is 2.24. The second kappa shape index (κ2) is 6.29. The van der Waals surface area contributed by atoms with E-state index in [1.165, 1.54) is 16.8 Å². The average molecular weight is 274 g/mol. The first kappa shape index (κ1) is 14.9. The van der Waals surface area contributed by atoms with Crippen LogP contribution >= 0.6 is 0 Å². The lowest BCUT2D eigenvalue weighted by Crippen LogP contribution is -2.50. The van der Waals surface area contributed by atoms with Gasteiger partial charge in [-0.1, -0.05) is 26.0 Å². The quantitative estimate of drug-likeness (QED) is 0.846. The molecule has 1 atom stereocenters. The predicted molar refractivity (Wildman–Crippen MR) is 84.2 cm³/mol. The third-order valence-electron chi connectivity index (χ3n) is 4.54. The summed E-state index contributed by atoms with van der Waals surface area (Å²) in [5, 5.41) is 0. The molecule has 0 spiro atoms. The molecule has 0 bridgehead atoms. The summed E-state index contributed by atoms with van der Waals surface area (Å²) in [6.07, 6.45) is 0.927. The van der Waals surface area contributed by atoms with E-state index in [0.717, 1.165) is 32.6 Å². The SMILES string of the molecule is CCC(C)C(=O)N1CCN(c2cccc(C)c2C)CC1. The first-order chi connectivity index (χ1) is 9.54. The Hall–Kier alpha value is -1.51. The lowest BCUT2D eigenvalue weighted by atomic mass is 10.1. The molecule has 0 aromatic heterocycles. The Kier molecular flexibility index (Phi) is 4.69. The minimum Gasteiger partial charge on any atom is -0.368 e. The van der Waals surface area contributed by atoms with Gasteiger partial charge in [-0.05, 0) is 37.5 Å². The lowest BCUT2D eigenvalue weighted by molar-refractivity contribution is -0.135. The number of piperazine rings is 1. The summed E-state index contributed by atoms with van der Waals surface area (Å²) in [5.74, 6) is 0.468. The van der Waals surface area contributed by atoms with Crippen molar-refractivity contribution >= 4 is 11.6 Å². The predicted octanol–water partition coefficient (Wildman–Crippen LogP) is 3.00. The molecule has 1 aromatic carbocycles. The van der Waals surface area contributed by atoms with Gasteiger partial charge >= 0.3 is 0 Å². The van der Waals surface area contributed by atoms with Crippen LogP contribution in [0.25, 0.3) is 0 Å². The van der Waals surface area contributed by atoms with Crippen molar-refractivity contribution in [3.63, 3.8) is 0 Å². The molecule has 1 aliphatic heterocycles. The maximum atomic E-state index is 12.2. The van der Waals surface area contributed by atoms with Crippen molar-refractivity contribution in [2.75, 3.05) is 31.1 Å². The Labute approximate surface area is 122 Å². The fourth-order valence-corrected chi connectivity index (χ4v) is 2.73. The standard InChI is InChI=1S/C17H26N2O/c1-5-13(2)17(20)19-11-9-18(10-12-19)16-8-6-7-14(3)15(16)4/h6-8,13H,5,9-12H2,1-4H3. The topological polar surface area (TPSA) is 23.6 Å². The van der Waals surface area contributed by atoms with E-state index in [-0.39, 0.29) is 5.92 Å². The second-order valence-corrected chi connectivity index (χ2v) is 5.84. The monoisotopic (exact) mass is 274 g/mol. The van der Waals surface area contributed by atoms with Crippen molar-refractivity contribution in [3.8, 4) is 0 Å². The molecule has 2 rings (SSSR count). The fraction of sp³-hybridized carbons (Fsp3) is 0.588. The number of amides is 1. The Morgan fingerprint density at radius 1 is 1.20 bits per heavy atom. The van der Waals surface area contributed by atoms with Crippen LogP contribution < -0.4 is 4.90 Å². The van der Waals surface area contributed by atoms with Gasteiger partial charge in [0, 0.05) is 37.8 Å². The number of rotatable bonds is 3. The van der Waals surface area contributed by atoms with Gasteiger partial charge in [-0.2, -0.15) is 0 Å². The van der Waals surface area contributed by atoms with Gasteiger partial charge in [0.15, 0.2) is 0 Å². The molecule has 1 aliphatic rings. The average Bonchev–Trinajstić information content (AvgIpc) is 2.48. The maximum absolute atomic E-state index is 12.2. The van der Waals surface area contributed by atoms with E-state index >= 15 is 0 Å². The molecule has 0 aliphatic carbocycles. The normalized spacial score (nSPS) is 17.2.